The monoisotopic (exact) mass is 450 g/mol. The van der Waals surface area contributed by atoms with E-state index in [0.717, 1.165) is 4.47 Å². The number of rotatable bonds is 2. The molecule has 8 heteroatoms. The molecule has 0 atom stereocenters. The molecule has 2 heterocycles. The lowest BCUT2D eigenvalue weighted by Crippen LogP contribution is -2.22. The van der Waals surface area contributed by atoms with Gasteiger partial charge in [0.1, 0.15) is 4.88 Å². The van der Waals surface area contributed by atoms with Crippen molar-refractivity contribution in [2.24, 2.45) is 4.99 Å². The van der Waals surface area contributed by atoms with Crippen LogP contribution in [0, 0.1) is 3.95 Å². The van der Waals surface area contributed by atoms with Crippen molar-refractivity contribution in [3.63, 3.8) is 0 Å². The Labute approximate surface area is 164 Å². The summed E-state index contributed by atoms with van der Waals surface area (Å²) in [5.74, 6) is -0.475. The van der Waals surface area contributed by atoms with Gasteiger partial charge in [0.15, 0.2) is 3.95 Å². The second-order valence-corrected chi connectivity index (χ2v) is 8.17. The topological polar surface area (TPSA) is 54.6 Å². The van der Waals surface area contributed by atoms with Crippen LogP contribution in [0.4, 0.5) is 0 Å². The lowest BCUT2D eigenvalue weighted by atomic mass is 10.1. The molecule has 0 spiro atoms. The van der Waals surface area contributed by atoms with Crippen LogP contribution in [0.25, 0.3) is 11.3 Å². The highest BCUT2D eigenvalue weighted by molar-refractivity contribution is 9.10. The van der Waals surface area contributed by atoms with Crippen molar-refractivity contribution in [1.29, 1.82) is 0 Å². The second-order valence-electron chi connectivity index (χ2n) is 5.26. The first-order valence-electron chi connectivity index (χ1n) is 7.10. The van der Waals surface area contributed by atoms with Crippen molar-refractivity contribution in [1.82, 2.24) is 4.57 Å². The normalized spacial score (nSPS) is 13.0. The quantitative estimate of drug-likeness (QED) is 0.604. The lowest BCUT2D eigenvalue weighted by molar-refractivity contribution is -0.112. The Morgan fingerprint density at radius 1 is 1.24 bits per heavy atom. The molecule has 1 aromatic heterocycles. The summed E-state index contributed by atoms with van der Waals surface area (Å²) < 4.78 is 2.65. The molecule has 0 saturated carbocycles. The van der Waals surface area contributed by atoms with Gasteiger partial charge in [-0.1, -0.05) is 29.8 Å². The van der Waals surface area contributed by atoms with Gasteiger partial charge in [-0.3, -0.25) is 9.36 Å². The van der Waals surface area contributed by atoms with Crippen molar-refractivity contribution < 1.29 is 9.90 Å². The molecule has 1 N–H and O–H groups in total. The van der Waals surface area contributed by atoms with Gasteiger partial charge in [0.2, 0.25) is 5.88 Å². The van der Waals surface area contributed by atoms with E-state index in [2.05, 4.69) is 20.9 Å². The number of aromatic nitrogens is 1. The number of carbonyl (C=O) groups excluding carboxylic acids is 1. The number of para-hydroxylation sites is 1. The molecule has 1 aliphatic heterocycles. The van der Waals surface area contributed by atoms with E-state index in [1.54, 1.807) is 24.3 Å². The van der Waals surface area contributed by atoms with Crippen LogP contribution in [-0.2, 0) is 4.79 Å². The predicted octanol–water partition coefficient (Wildman–Crippen LogP) is 3.75. The Morgan fingerprint density at radius 3 is 2.76 bits per heavy atom. The third-order valence-corrected chi connectivity index (χ3v) is 6.40. The number of halogens is 2. The molecule has 1 aliphatic rings. The van der Waals surface area contributed by atoms with Crippen LogP contribution in [0.2, 0.25) is 5.02 Å². The van der Waals surface area contributed by atoms with Crippen molar-refractivity contribution >= 4 is 62.6 Å². The molecular weight excluding hydrogens is 444 g/mol. The highest BCUT2D eigenvalue weighted by atomic mass is 79.9. The maximum Gasteiger partial charge on any atom is 0.279 e. The van der Waals surface area contributed by atoms with Gasteiger partial charge in [-0.15, -0.1) is 11.3 Å². The predicted molar refractivity (Wildman–Crippen MR) is 104 cm³/mol. The largest absolute Gasteiger partial charge is 0.493 e. The Balaban J connectivity index is 1.99. The van der Waals surface area contributed by atoms with E-state index < -0.39 is 0 Å². The van der Waals surface area contributed by atoms with Crippen LogP contribution in [0.3, 0.4) is 0 Å². The molecular formula is C17H8BrClN2O2S2. The minimum absolute atomic E-state index is 0.0938. The number of thiazole rings is 1. The van der Waals surface area contributed by atoms with Crippen LogP contribution in [-0.4, -0.2) is 15.6 Å². The third kappa shape index (κ3) is 2.67. The minimum Gasteiger partial charge on any atom is -0.493 e. The number of aromatic hydroxyl groups is 1. The van der Waals surface area contributed by atoms with Crippen molar-refractivity contribution in [2.75, 3.05) is 0 Å². The number of carbonyl (C=O) groups is 1. The molecule has 25 heavy (non-hydrogen) atoms. The Bertz CT molecular complexity index is 1230. The van der Waals surface area contributed by atoms with Gasteiger partial charge in [0.25, 0.3) is 5.91 Å². The average molecular weight is 452 g/mol. The SMILES string of the molecule is O=C1N=c2ccccc2=C1c1sc(=S)n(-c2ccc(Br)c(Cl)c2)c1O. The molecule has 0 radical (unpaired) electrons. The summed E-state index contributed by atoms with van der Waals surface area (Å²) in [7, 11) is 0. The first-order chi connectivity index (χ1) is 12.0. The second kappa shape index (κ2) is 6.17. The smallest absolute Gasteiger partial charge is 0.279 e. The molecule has 0 fully saturated rings. The van der Waals surface area contributed by atoms with Crippen LogP contribution in [0.5, 0.6) is 5.88 Å². The van der Waals surface area contributed by atoms with Crippen molar-refractivity contribution in [2.45, 2.75) is 0 Å². The zero-order valence-corrected chi connectivity index (χ0v) is 16.3. The number of fused-ring (bicyclic) bond motifs is 1. The molecule has 0 bridgehead atoms. The summed E-state index contributed by atoms with van der Waals surface area (Å²) in [5.41, 5.74) is 0.987. The summed E-state index contributed by atoms with van der Waals surface area (Å²) in [6.07, 6.45) is 0. The van der Waals surface area contributed by atoms with Gasteiger partial charge in [-0.25, -0.2) is 4.99 Å². The van der Waals surface area contributed by atoms with E-state index in [9.17, 15) is 9.90 Å². The summed E-state index contributed by atoms with van der Waals surface area (Å²) in [6, 6.07) is 12.5. The van der Waals surface area contributed by atoms with E-state index in [-0.39, 0.29) is 11.8 Å². The first-order valence-corrected chi connectivity index (χ1v) is 9.50. The van der Waals surface area contributed by atoms with Gasteiger partial charge in [-0.2, -0.15) is 0 Å². The molecule has 1 amide bonds. The number of nitrogens with zero attached hydrogens (tertiary/aromatic N) is 2. The van der Waals surface area contributed by atoms with Gasteiger partial charge in [-0.05, 0) is 52.4 Å². The molecule has 124 valence electrons. The lowest BCUT2D eigenvalue weighted by Gasteiger charge is -2.07. The molecule has 0 saturated heterocycles. The highest BCUT2D eigenvalue weighted by Gasteiger charge is 2.25. The van der Waals surface area contributed by atoms with Crippen LogP contribution in [0.1, 0.15) is 4.88 Å². The minimum atomic E-state index is -0.381. The molecule has 0 aliphatic carbocycles. The number of amides is 1. The number of benzene rings is 2. The van der Waals surface area contributed by atoms with Crippen molar-refractivity contribution in [3.8, 4) is 11.6 Å². The van der Waals surface area contributed by atoms with E-state index in [1.807, 2.05) is 18.2 Å². The Morgan fingerprint density at radius 2 is 2.00 bits per heavy atom. The fraction of sp³-hybridized carbons (Fsp3) is 0. The van der Waals surface area contributed by atoms with Gasteiger partial charge >= 0.3 is 0 Å². The maximum atomic E-state index is 12.4. The van der Waals surface area contributed by atoms with Gasteiger partial charge in [0, 0.05) is 9.69 Å². The van der Waals surface area contributed by atoms with Gasteiger partial charge < -0.3 is 5.11 Å². The van der Waals surface area contributed by atoms with E-state index >= 15 is 0 Å². The third-order valence-electron chi connectivity index (χ3n) is 3.78. The molecule has 3 aromatic rings. The zero-order chi connectivity index (χ0) is 17.7. The summed E-state index contributed by atoms with van der Waals surface area (Å²) in [5, 5.41) is 12.6. The summed E-state index contributed by atoms with van der Waals surface area (Å²) >= 11 is 16.0. The fourth-order valence-corrected chi connectivity index (χ4v) is 4.47. The van der Waals surface area contributed by atoms with E-state index in [4.69, 9.17) is 23.8 Å². The number of hydrogen-bond donors (Lipinski definition) is 1. The van der Waals surface area contributed by atoms with E-state index in [0.29, 0.717) is 35.7 Å². The van der Waals surface area contributed by atoms with Gasteiger partial charge in [0.05, 0.1) is 21.6 Å². The van der Waals surface area contributed by atoms with Crippen LogP contribution >= 0.6 is 51.1 Å². The fourth-order valence-electron chi connectivity index (χ4n) is 2.66. The Kier molecular flexibility index (Phi) is 4.11. The van der Waals surface area contributed by atoms with Crippen molar-refractivity contribution in [3.05, 3.63) is 71.4 Å². The Hall–Kier alpha value is -1.80. The summed E-state index contributed by atoms with van der Waals surface area (Å²) in [4.78, 5) is 16.8. The zero-order valence-electron chi connectivity index (χ0n) is 12.4. The van der Waals surface area contributed by atoms with Crippen LogP contribution < -0.4 is 10.6 Å². The highest BCUT2D eigenvalue weighted by Crippen LogP contribution is 2.36. The summed E-state index contributed by atoms with van der Waals surface area (Å²) in [6.45, 7) is 0. The van der Waals surface area contributed by atoms with Crippen LogP contribution in [0.15, 0.2) is 51.9 Å². The average Bonchev–Trinajstić information content (AvgIpc) is 3.05. The standard InChI is InChI=1S/C17H8BrClN2O2S2/c18-10-6-5-8(7-11(10)19)21-16(23)14(25-17(21)24)13-9-3-1-2-4-12(9)20-15(13)22/h1-7,23H. The molecule has 0 unspecified atom stereocenters. The maximum absolute atomic E-state index is 12.4. The molecule has 2 aromatic carbocycles. The first kappa shape index (κ1) is 16.7. The molecule has 4 rings (SSSR count). The molecule has 4 nitrogen and oxygen atoms in total. The van der Waals surface area contributed by atoms with E-state index in [1.165, 1.54) is 15.9 Å². The number of hydrogen-bond acceptors (Lipinski definition) is 4.